The number of nitrogens with zero attached hydrogens (tertiary/aromatic N) is 4. The second-order valence-electron chi connectivity index (χ2n) is 10.2. The lowest BCUT2D eigenvalue weighted by atomic mass is 9.95. The van der Waals surface area contributed by atoms with Crippen LogP contribution in [0.25, 0.3) is 11.3 Å². The summed E-state index contributed by atoms with van der Waals surface area (Å²) in [5.41, 5.74) is 2.42. The average Bonchev–Trinajstić information content (AvgIpc) is 2.98. The number of carbonyl (C=O) groups is 2. The van der Waals surface area contributed by atoms with Crippen molar-refractivity contribution in [3.8, 4) is 11.3 Å². The van der Waals surface area contributed by atoms with E-state index >= 15 is 0 Å². The molecule has 4 aromatic rings. The molecule has 2 heterocycles. The molecule has 1 aromatic heterocycles. The Morgan fingerprint density at radius 1 is 1.02 bits per heavy atom. The number of hydrogen-bond acceptors (Lipinski definition) is 6. The van der Waals surface area contributed by atoms with E-state index in [2.05, 4.69) is 20.9 Å². The van der Waals surface area contributed by atoms with Crippen molar-refractivity contribution >= 4 is 35.1 Å². The van der Waals surface area contributed by atoms with Crippen LogP contribution in [-0.2, 0) is 13.0 Å². The van der Waals surface area contributed by atoms with Crippen molar-refractivity contribution in [2.75, 3.05) is 42.7 Å². The molecular formula is C31H30F3N7O2. The van der Waals surface area contributed by atoms with E-state index in [4.69, 9.17) is 4.98 Å². The van der Waals surface area contributed by atoms with Gasteiger partial charge in [0.15, 0.2) is 5.82 Å². The third kappa shape index (κ3) is 6.28. The number of fused-ring (bicyclic) bond motifs is 1. The van der Waals surface area contributed by atoms with Gasteiger partial charge in [-0.05, 0) is 74.6 Å². The van der Waals surface area contributed by atoms with Crippen LogP contribution in [0.5, 0.6) is 0 Å². The summed E-state index contributed by atoms with van der Waals surface area (Å²) in [5.74, 6) is -2.54. The second kappa shape index (κ2) is 12.5. The van der Waals surface area contributed by atoms with Gasteiger partial charge in [-0.2, -0.15) is 4.98 Å². The van der Waals surface area contributed by atoms with E-state index in [0.717, 1.165) is 22.6 Å². The van der Waals surface area contributed by atoms with E-state index in [1.54, 1.807) is 18.2 Å². The van der Waals surface area contributed by atoms with Gasteiger partial charge >= 0.3 is 6.03 Å². The standard InChI is InChI=1S/C31H30F3N7O2/c1-4-18-8-9-19(29(42)37-21-12-10-20(32)11-13-21)16-22(18)26-23-17-36-31(43)41(27-24(33)6-5-7-25(27)34)28(23)39-30(38-26)35-14-15-40(2)3/h5-13,16H,4,14-15,17H2,1-3H3,(H,36,43)(H,37,42)(H,35,38,39). The molecule has 5 rings (SSSR count). The lowest BCUT2D eigenvalue weighted by molar-refractivity contribution is 0.102. The topological polar surface area (TPSA) is 102 Å². The van der Waals surface area contributed by atoms with Crippen LogP contribution in [0.15, 0.2) is 60.7 Å². The number of halogens is 3. The van der Waals surface area contributed by atoms with Gasteiger partial charge in [0.1, 0.15) is 23.1 Å². The predicted molar refractivity (Wildman–Crippen MR) is 159 cm³/mol. The van der Waals surface area contributed by atoms with Crippen LogP contribution in [0.3, 0.4) is 0 Å². The molecule has 0 saturated carbocycles. The van der Waals surface area contributed by atoms with Crippen molar-refractivity contribution in [1.29, 1.82) is 0 Å². The van der Waals surface area contributed by atoms with E-state index in [0.29, 0.717) is 47.6 Å². The molecule has 1 aliphatic rings. The summed E-state index contributed by atoms with van der Waals surface area (Å²) >= 11 is 0. The van der Waals surface area contributed by atoms with E-state index in [1.807, 2.05) is 25.9 Å². The first-order valence-electron chi connectivity index (χ1n) is 13.7. The Morgan fingerprint density at radius 3 is 2.42 bits per heavy atom. The van der Waals surface area contributed by atoms with Crippen molar-refractivity contribution in [2.45, 2.75) is 19.9 Å². The maximum absolute atomic E-state index is 15.0. The molecule has 9 nitrogen and oxygen atoms in total. The van der Waals surface area contributed by atoms with E-state index in [-0.39, 0.29) is 18.3 Å². The quantitative estimate of drug-likeness (QED) is 0.231. The molecule has 222 valence electrons. The monoisotopic (exact) mass is 589 g/mol. The molecule has 0 atom stereocenters. The number of benzene rings is 3. The fourth-order valence-electron chi connectivity index (χ4n) is 4.75. The van der Waals surface area contributed by atoms with Gasteiger partial charge in [-0.15, -0.1) is 0 Å². The number of hydrogen-bond donors (Lipinski definition) is 3. The largest absolute Gasteiger partial charge is 0.353 e. The zero-order chi connectivity index (χ0) is 30.7. The normalized spacial score (nSPS) is 12.6. The summed E-state index contributed by atoms with van der Waals surface area (Å²) < 4.78 is 43.3. The highest BCUT2D eigenvalue weighted by Crippen LogP contribution is 2.39. The summed E-state index contributed by atoms with van der Waals surface area (Å²) in [6.07, 6.45) is 0.579. The zero-order valence-corrected chi connectivity index (χ0v) is 23.8. The number of aromatic nitrogens is 2. The molecule has 0 aliphatic carbocycles. The Hall–Kier alpha value is -4.97. The second-order valence-corrected chi connectivity index (χ2v) is 10.2. The first-order valence-corrected chi connectivity index (χ1v) is 13.7. The molecule has 0 spiro atoms. The third-order valence-electron chi connectivity index (χ3n) is 6.93. The minimum atomic E-state index is -0.931. The Bertz CT molecular complexity index is 1660. The molecule has 43 heavy (non-hydrogen) atoms. The Morgan fingerprint density at radius 2 is 1.74 bits per heavy atom. The number of aryl methyl sites for hydroxylation is 1. The Balaban J connectivity index is 1.65. The molecule has 0 radical (unpaired) electrons. The van der Waals surface area contributed by atoms with Crippen molar-refractivity contribution in [2.24, 2.45) is 0 Å². The van der Waals surface area contributed by atoms with Gasteiger partial charge in [-0.1, -0.05) is 19.1 Å². The summed E-state index contributed by atoms with van der Waals surface area (Å²) in [6, 6.07) is 13.2. The van der Waals surface area contributed by atoms with Gasteiger partial charge in [0.25, 0.3) is 5.91 Å². The van der Waals surface area contributed by atoms with Gasteiger partial charge in [-0.25, -0.2) is 27.8 Å². The summed E-state index contributed by atoms with van der Waals surface area (Å²) in [6.45, 7) is 3.03. The molecule has 12 heteroatoms. The molecule has 3 aromatic carbocycles. The number of carbonyl (C=O) groups excluding carboxylic acids is 2. The van der Waals surface area contributed by atoms with Crippen LogP contribution in [0.2, 0.25) is 0 Å². The fourth-order valence-corrected chi connectivity index (χ4v) is 4.75. The van der Waals surface area contributed by atoms with Gasteiger partial charge in [0.2, 0.25) is 5.95 Å². The minimum Gasteiger partial charge on any atom is -0.353 e. The lowest BCUT2D eigenvalue weighted by Gasteiger charge is -2.31. The van der Waals surface area contributed by atoms with E-state index in [1.165, 1.54) is 30.3 Å². The molecule has 1 aliphatic heterocycles. The average molecular weight is 590 g/mol. The number of urea groups is 1. The SMILES string of the molecule is CCc1ccc(C(=O)Nc2ccc(F)cc2)cc1-c1nc(NCCN(C)C)nc2c1CNC(=O)N2c1c(F)cccc1F. The van der Waals surface area contributed by atoms with Crippen molar-refractivity contribution < 1.29 is 22.8 Å². The number of nitrogens with one attached hydrogen (secondary N) is 3. The van der Waals surface area contributed by atoms with Crippen LogP contribution < -0.4 is 20.9 Å². The van der Waals surface area contributed by atoms with Gasteiger partial charge < -0.3 is 20.9 Å². The first-order chi connectivity index (χ1) is 20.7. The highest BCUT2D eigenvalue weighted by molar-refractivity contribution is 6.06. The van der Waals surface area contributed by atoms with Crippen molar-refractivity contribution in [1.82, 2.24) is 20.2 Å². The molecule has 0 unspecified atom stereocenters. The van der Waals surface area contributed by atoms with Crippen LogP contribution >= 0.6 is 0 Å². The zero-order valence-electron chi connectivity index (χ0n) is 23.8. The number of anilines is 4. The number of para-hydroxylation sites is 1. The third-order valence-corrected chi connectivity index (χ3v) is 6.93. The van der Waals surface area contributed by atoms with Crippen molar-refractivity contribution in [3.63, 3.8) is 0 Å². The van der Waals surface area contributed by atoms with Crippen LogP contribution in [0, 0.1) is 17.5 Å². The number of likely N-dealkylation sites (N-methyl/N-ethyl adjacent to an activating group) is 1. The first kappa shape index (κ1) is 29.5. The Kier molecular flexibility index (Phi) is 8.58. The fraction of sp³-hybridized carbons (Fsp3) is 0.226. The highest BCUT2D eigenvalue weighted by Gasteiger charge is 2.34. The predicted octanol–water partition coefficient (Wildman–Crippen LogP) is 5.71. The molecule has 0 fully saturated rings. The van der Waals surface area contributed by atoms with E-state index in [9.17, 15) is 22.8 Å². The summed E-state index contributed by atoms with van der Waals surface area (Å²) in [5, 5.41) is 8.58. The summed E-state index contributed by atoms with van der Waals surface area (Å²) in [7, 11) is 3.81. The summed E-state index contributed by atoms with van der Waals surface area (Å²) in [4.78, 5) is 38.5. The minimum absolute atomic E-state index is 0.0107. The van der Waals surface area contributed by atoms with Gasteiger partial charge in [-0.3, -0.25) is 4.79 Å². The maximum Gasteiger partial charge on any atom is 0.328 e. The lowest BCUT2D eigenvalue weighted by Crippen LogP contribution is -2.43. The number of rotatable bonds is 9. The molecular weight excluding hydrogens is 559 g/mol. The van der Waals surface area contributed by atoms with Gasteiger partial charge in [0, 0.05) is 35.5 Å². The van der Waals surface area contributed by atoms with Crippen LogP contribution in [0.1, 0.15) is 28.4 Å². The maximum atomic E-state index is 15.0. The highest BCUT2D eigenvalue weighted by atomic mass is 19.1. The van der Waals surface area contributed by atoms with Crippen molar-refractivity contribution in [3.05, 3.63) is 94.8 Å². The van der Waals surface area contributed by atoms with Crippen LogP contribution in [-0.4, -0.2) is 54.0 Å². The molecule has 0 bridgehead atoms. The van der Waals surface area contributed by atoms with E-state index < -0.39 is 35.1 Å². The Labute approximate surface area is 246 Å². The van der Waals surface area contributed by atoms with Gasteiger partial charge in [0.05, 0.1) is 12.2 Å². The van der Waals surface area contributed by atoms with Crippen LogP contribution in [0.4, 0.5) is 41.1 Å². The molecule has 3 amide bonds. The molecule has 0 saturated heterocycles. The smallest absolute Gasteiger partial charge is 0.328 e. The number of amides is 3. The molecule has 3 N–H and O–H groups in total.